The van der Waals surface area contributed by atoms with E-state index in [0.29, 0.717) is 11.5 Å². The van der Waals surface area contributed by atoms with Crippen LogP contribution in [0.1, 0.15) is 17.4 Å². The number of carbonyl (C=O) groups excluding carboxylic acids is 2. The fourth-order valence-corrected chi connectivity index (χ4v) is 1.63. The minimum Gasteiger partial charge on any atom is -0.464 e. The monoisotopic (exact) mass is 286 g/mol. The minimum absolute atomic E-state index is 0.134. The third kappa shape index (κ3) is 4.00. The van der Waals surface area contributed by atoms with Crippen molar-refractivity contribution in [2.45, 2.75) is 6.92 Å². The molecule has 0 bridgehead atoms. The molecule has 21 heavy (non-hydrogen) atoms. The number of hydrogen-bond acceptors (Lipinski definition) is 6. The predicted molar refractivity (Wildman–Crippen MR) is 77.4 cm³/mol. The van der Waals surface area contributed by atoms with E-state index in [1.807, 2.05) is 6.07 Å². The van der Waals surface area contributed by atoms with Gasteiger partial charge in [0.1, 0.15) is 5.82 Å². The van der Waals surface area contributed by atoms with E-state index in [4.69, 9.17) is 0 Å². The Morgan fingerprint density at radius 3 is 2.52 bits per heavy atom. The second-order valence-electron chi connectivity index (χ2n) is 4.17. The molecule has 1 aromatic heterocycles. The fourth-order valence-electron chi connectivity index (χ4n) is 1.63. The quantitative estimate of drug-likeness (QED) is 0.835. The molecule has 0 fully saturated rings. The Bertz CT molecular complexity index is 656. The summed E-state index contributed by atoms with van der Waals surface area (Å²) in [6, 6.07) is 7.15. The van der Waals surface area contributed by atoms with Crippen LogP contribution >= 0.6 is 0 Å². The van der Waals surface area contributed by atoms with Gasteiger partial charge in [-0.2, -0.15) is 0 Å². The SMILES string of the molecule is COC(=O)c1cnc(Nc2cccc(NC(C)=O)c2)cn1. The van der Waals surface area contributed by atoms with Crippen LogP contribution in [0.4, 0.5) is 17.2 Å². The van der Waals surface area contributed by atoms with Gasteiger partial charge in [-0.1, -0.05) is 6.07 Å². The van der Waals surface area contributed by atoms with Crippen molar-refractivity contribution in [3.63, 3.8) is 0 Å². The van der Waals surface area contributed by atoms with E-state index in [2.05, 4.69) is 25.3 Å². The van der Waals surface area contributed by atoms with Crippen LogP contribution in [0.3, 0.4) is 0 Å². The molecule has 1 aromatic carbocycles. The summed E-state index contributed by atoms with van der Waals surface area (Å²) in [4.78, 5) is 30.3. The van der Waals surface area contributed by atoms with Gasteiger partial charge >= 0.3 is 5.97 Å². The van der Waals surface area contributed by atoms with E-state index in [1.165, 1.54) is 26.4 Å². The maximum absolute atomic E-state index is 11.2. The molecule has 0 aliphatic heterocycles. The van der Waals surface area contributed by atoms with E-state index >= 15 is 0 Å². The maximum Gasteiger partial charge on any atom is 0.358 e. The lowest BCUT2D eigenvalue weighted by Gasteiger charge is -2.08. The Hall–Kier alpha value is -2.96. The number of hydrogen-bond donors (Lipinski definition) is 2. The van der Waals surface area contributed by atoms with Gasteiger partial charge in [0, 0.05) is 18.3 Å². The second kappa shape index (κ2) is 6.47. The highest BCUT2D eigenvalue weighted by Gasteiger charge is 2.07. The molecule has 0 aliphatic rings. The van der Waals surface area contributed by atoms with Gasteiger partial charge in [-0.25, -0.2) is 14.8 Å². The van der Waals surface area contributed by atoms with Crippen LogP contribution in [-0.4, -0.2) is 29.0 Å². The number of amides is 1. The number of benzene rings is 1. The van der Waals surface area contributed by atoms with Crippen molar-refractivity contribution < 1.29 is 14.3 Å². The highest BCUT2D eigenvalue weighted by molar-refractivity contribution is 5.89. The van der Waals surface area contributed by atoms with Gasteiger partial charge in [0.25, 0.3) is 0 Å². The van der Waals surface area contributed by atoms with Gasteiger partial charge in [-0.05, 0) is 18.2 Å². The molecule has 0 aliphatic carbocycles. The van der Waals surface area contributed by atoms with Crippen molar-refractivity contribution in [1.82, 2.24) is 9.97 Å². The van der Waals surface area contributed by atoms with Gasteiger partial charge in [-0.3, -0.25) is 4.79 Å². The summed E-state index contributed by atoms with van der Waals surface area (Å²) < 4.78 is 4.55. The number of aromatic nitrogens is 2. The van der Waals surface area contributed by atoms with Gasteiger partial charge in [0.05, 0.1) is 19.5 Å². The number of nitrogens with one attached hydrogen (secondary N) is 2. The molecule has 1 amide bonds. The Morgan fingerprint density at radius 2 is 1.90 bits per heavy atom. The summed E-state index contributed by atoms with van der Waals surface area (Å²) in [5.74, 6) is -0.210. The number of carbonyl (C=O) groups is 2. The lowest BCUT2D eigenvalue weighted by Crippen LogP contribution is -2.07. The lowest BCUT2D eigenvalue weighted by atomic mass is 10.2. The van der Waals surface area contributed by atoms with Gasteiger partial charge in [-0.15, -0.1) is 0 Å². The molecule has 0 spiro atoms. The Balaban J connectivity index is 2.11. The number of ether oxygens (including phenoxy) is 1. The zero-order valence-electron chi connectivity index (χ0n) is 11.6. The van der Waals surface area contributed by atoms with E-state index < -0.39 is 5.97 Å². The van der Waals surface area contributed by atoms with Gasteiger partial charge in [0.15, 0.2) is 5.69 Å². The van der Waals surface area contributed by atoms with Crippen LogP contribution in [0, 0.1) is 0 Å². The number of esters is 1. The lowest BCUT2D eigenvalue weighted by molar-refractivity contribution is -0.114. The van der Waals surface area contributed by atoms with Crippen LogP contribution in [0.2, 0.25) is 0 Å². The molecule has 0 radical (unpaired) electrons. The smallest absolute Gasteiger partial charge is 0.358 e. The van der Waals surface area contributed by atoms with Crippen molar-refractivity contribution in [3.05, 3.63) is 42.4 Å². The largest absolute Gasteiger partial charge is 0.464 e. The normalized spacial score (nSPS) is 9.81. The summed E-state index contributed by atoms with van der Waals surface area (Å²) >= 11 is 0. The van der Waals surface area contributed by atoms with Crippen molar-refractivity contribution in [2.24, 2.45) is 0 Å². The maximum atomic E-state index is 11.2. The number of methoxy groups -OCH3 is 1. The minimum atomic E-state index is -0.540. The average molecular weight is 286 g/mol. The van der Waals surface area contributed by atoms with Crippen LogP contribution in [0.25, 0.3) is 0 Å². The Kier molecular flexibility index (Phi) is 4.45. The third-order valence-corrected chi connectivity index (χ3v) is 2.50. The molecule has 0 unspecified atom stereocenters. The Morgan fingerprint density at radius 1 is 1.14 bits per heavy atom. The molecule has 2 aromatic rings. The van der Waals surface area contributed by atoms with Crippen LogP contribution in [-0.2, 0) is 9.53 Å². The van der Waals surface area contributed by atoms with Crippen molar-refractivity contribution in [3.8, 4) is 0 Å². The van der Waals surface area contributed by atoms with Crippen LogP contribution < -0.4 is 10.6 Å². The summed E-state index contributed by atoms with van der Waals surface area (Å²) in [6.07, 6.45) is 2.75. The summed E-state index contributed by atoms with van der Waals surface area (Å²) in [6.45, 7) is 1.44. The van der Waals surface area contributed by atoms with Crippen LogP contribution in [0.15, 0.2) is 36.7 Å². The first kappa shape index (κ1) is 14.4. The second-order valence-corrected chi connectivity index (χ2v) is 4.17. The standard InChI is InChI=1S/C14H14N4O3/c1-9(19)17-10-4-3-5-11(6-10)18-13-8-15-12(7-16-13)14(20)21-2/h3-8H,1-2H3,(H,16,18)(H,17,19). The molecule has 2 rings (SSSR count). The van der Waals surface area contributed by atoms with Crippen molar-refractivity contribution >= 4 is 29.1 Å². The zero-order chi connectivity index (χ0) is 15.2. The number of anilines is 3. The van der Waals surface area contributed by atoms with E-state index in [1.54, 1.807) is 18.2 Å². The van der Waals surface area contributed by atoms with E-state index in [0.717, 1.165) is 5.69 Å². The summed E-state index contributed by atoms with van der Waals surface area (Å²) in [5, 5.41) is 5.71. The van der Waals surface area contributed by atoms with E-state index in [9.17, 15) is 9.59 Å². The van der Waals surface area contributed by atoms with Crippen molar-refractivity contribution in [1.29, 1.82) is 0 Å². The zero-order valence-corrected chi connectivity index (χ0v) is 11.6. The molecule has 108 valence electrons. The predicted octanol–water partition coefficient (Wildman–Crippen LogP) is 1.97. The van der Waals surface area contributed by atoms with Crippen LogP contribution in [0.5, 0.6) is 0 Å². The highest BCUT2D eigenvalue weighted by Crippen LogP contribution is 2.18. The molecule has 0 saturated heterocycles. The van der Waals surface area contributed by atoms with Gasteiger partial charge in [0.2, 0.25) is 5.91 Å². The first-order valence-electron chi connectivity index (χ1n) is 6.13. The molecule has 2 N–H and O–H groups in total. The fraction of sp³-hybridized carbons (Fsp3) is 0.143. The molecule has 0 saturated carbocycles. The molecule has 0 atom stereocenters. The number of nitrogens with zero attached hydrogens (tertiary/aromatic N) is 2. The Labute approximate surface area is 121 Å². The summed E-state index contributed by atoms with van der Waals surface area (Å²) in [7, 11) is 1.28. The molecule has 1 heterocycles. The van der Waals surface area contributed by atoms with Crippen molar-refractivity contribution in [2.75, 3.05) is 17.7 Å². The topological polar surface area (TPSA) is 93.2 Å². The third-order valence-electron chi connectivity index (χ3n) is 2.50. The number of rotatable bonds is 4. The summed E-state index contributed by atoms with van der Waals surface area (Å²) in [5.41, 5.74) is 1.54. The first-order chi connectivity index (χ1) is 10.1. The molecule has 7 heteroatoms. The van der Waals surface area contributed by atoms with E-state index in [-0.39, 0.29) is 11.6 Å². The molecular weight excluding hydrogens is 272 g/mol. The highest BCUT2D eigenvalue weighted by atomic mass is 16.5. The average Bonchev–Trinajstić information content (AvgIpc) is 2.47. The first-order valence-corrected chi connectivity index (χ1v) is 6.13. The molecular formula is C14H14N4O3. The molecule has 7 nitrogen and oxygen atoms in total. The van der Waals surface area contributed by atoms with Gasteiger partial charge < -0.3 is 15.4 Å².